The first kappa shape index (κ1) is 12.5. The second-order valence-corrected chi connectivity index (χ2v) is 5.75. The second kappa shape index (κ2) is 4.54. The summed E-state index contributed by atoms with van der Waals surface area (Å²) < 4.78 is 0.978. The number of rotatable bonds is 2. The minimum absolute atomic E-state index is 0.176. The molecule has 0 bridgehead atoms. The molecular weight excluding hydrogens is 254 g/mol. The van der Waals surface area contributed by atoms with Crippen LogP contribution >= 0.6 is 15.9 Å². The quantitative estimate of drug-likeness (QED) is 0.807. The maximum atomic E-state index is 9.90. The molecule has 0 amide bonds. The Labute approximate surface area is 99.8 Å². The third kappa shape index (κ3) is 3.50. The minimum Gasteiger partial charge on any atom is -0.373 e. The van der Waals surface area contributed by atoms with Crippen LogP contribution in [0.1, 0.15) is 26.3 Å². The van der Waals surface area contributed by atoms with E-state index in [0.717, 1.165) is 10.2 Å². The molecule has 2 N–H and O–H groups in total. The SMILES string of the molecule is Cc1ccc(NC(O)C(C)(C)C)c(Br)c1. The lowest BCUT2D eigenvalue weighted by molar-refractivity contribution is 0.0880. The van der Waals surface area contributed by atoms with Crippen LogP contribution in [0.5, 0.6) is 0 Å². The topological polar surface area (TPSA) is 32.3 Å². The molecule has 0 spiro atoms. The summed E-state index contributed by atoms with van der Waals surface area (Å²) in [4.78, 5) is 0. The first-order valence-electron chi connectivity index (χ1n) is 5.01. The van der Waals surface area contributed by atoms with Crippen LogP contribution in [0.3, 0.4) is 0 Å². The van der Waals surface area contributed by atoms with E-state index in [2.05, 4.69) is 21.2 Å². The molecule has 0 saturated heterocycles. The molecule has 3 heteroatoms. The van der Waals surface area contributed by atoms with Gasteiger partial charge in [0.25, 0.3) is 0 Å². The zero-order valence-corrected chi connectivity index (χ0v) is 11.2. The average Bonchev–Trinajstić information content (AvgIpc) is 2.08. The predicted octanol–water partition coefficient (Wildman–Crippen LogP) is 3.53. The van der Waals surface area contributed by atoms with Crippen LogP contribution in [-0.2, 0) is 0 Å². The molecule has 0 aliphatic rings. The van der Waals surface area contributed by atoms with Gasteiger partial charge >= 0.3 is 0 Å². The van der Waals surface area contributed by atoms with Crippen LogP contribution < -0.4 is 5.32 Å². The third-order valence-electron chi connectivity index (χ3n) is 2.24. The number of nitrogens with one attached hydrogen (secondary N) is 1. The smallest absolute Gasteiger partial charge is 0.129 e. The normalized spacial score (nSPS) is 13.7. The van der Waals surface area contributed by atoms with Crippen molar-refractivity contribution < 1.29 is 5.11 Å². The van der Waals surface area contributed by atoms with Crippen molar-refractivity contribution in [1.29, 1.82) is 0 Å². The van der Waals surface area contributed by atoms with Gasteiger partial charge in [-0.1, -0.05) is 26.8 Å². The number of aryl methyl sites for hydroxylation is 1. The Kier molecular flexibility index (Phi) is 3.79. The second-order valence-electron chi connectivity index (χ2n) is 4.90. The number of aliphatic hydroxyl groups is 1. The standard InChI is InChI=1S/C12H18BrNO/c1-8-5-6-10(9(13)7-8)14-11(15)12(2,3)4/h5-7,11,14-15H,1-4H3. The molecule has 0 aromatic heterocycles. The van der Waals surface area contributed by atoms with Crippen LogP contribution in [0.4, 0.5) is 5.69 Å². The largest absolute Gasteiger partial charge is 0.373 e. The summed E-state index contributed by atoms with van der Waals surface area (Å²) in [5.74, 6) is 0. The van der Waals surface area contributed by atoms with Crippen LogP contribution in [0.25, 0.3) is 0 Å². The highest BCUT2D eigenvalue weighted by atomic mass is 79.9. The van der Waals surface area contributed by atoms with Gasteiger partial charge in [-0.3, -0.25) is 0 Å². The molecule has 0 aliphatic heterocycles. The van der Waals surface area contributed by atoms with Gasteiger partial charge in [0, 0.05) is 9.89 Å². The van der Waals surface area contributed by atoms with Crippen LogP contribution in [0.2, 0.25) is 0 Å². The van der Waals surface area contributed by atoms with E-state index in [-0.39, 0.29) is 5.41 Å². The zero-order valence-electron chi connectivity index (χ0n) is 9.63. The van der Waals surface area contributed by atoms with Gasteiger partial charge in [-0.2, -0.15) is 0 Å². The zero-order chi connectivity index (χ0) is 11.6. The van der Waals surface area contributed by atoms with Gasteiger partial charge in [0.2, 0.25) is 0 Å². The van der Waals surface area contributed by atoms with Crippen molar-refractivity contribution in [2.75, 3.05) is 5.32 Å². The number of aliphatic hydroxyl groups excluding tert-OH is 1. The molecular formula is C12H18BrNO. The van der Waals surface area contributed by atoms with E-state index in [9.17, 15) is 5.11 Å². The Morgan fingerprint density at radius 2 is 1.93 bits per heavy atom. The highest BCUT2D eigenvalue weighted by molar-refractivity contribution is 9.10. The molecule has 1 rings (SSSR count). The van der Waals surface area contributed by atoms with Crippen molar-refractivity contribution in [3.63, 3.8) is 0 Å². The Balaban J connectivity index is 2.82. The van der Waals surface area contributed by atoms with E-state index in [4.69, 9.17) is 0 Å². The molecule has 15 heavy (non-hydrogen) atoms. The Morgan fingerprint density at radius 1 is 1.33 bits per heavy atom. The number of hydrogen-bond donors (Lipinski definition) is 2. The van der Waals surface area contributed by atoms with Gasteiger partial charge in [-0.05, 0) is 40.5 Å². The number of benzene rings is 1. The van der Waals surface area contributed by atoms with Crippen molar-refractivity contribution in [2.24, 2.45) is 5.41 Å². The first-order valence-corrected chi connectivity index (χ1v) is 5.81. The summed E-state index contributed by atoms with van der Waals surface area (Å²) >= 11 is 3.47. The summed E-state index contributed by atoms with van der Waals surface area (Å²) in [5, 5.41) is 13.0. The first-order chi connectivity index (χ1) is 6.80. The van der Waals surface area contributed by atoms with Crippen molar-refractivity contribution >= 4 is 21.6 Å². The lowest BCUT2D eigenvalue weighted by Gasteiger charge is -2.27. The maximum absolute atomic E-state index is 9.90. The molecule has 1 aromatic rings. The molecule has 1 atom stereocenters. The Bertz CT molecular complexity index is 344. The molecule has 1 aromatic carbocycles. The molecule has 1 unspecified atom stereocenters. The van der Waals surface area contributed by atoms with Crippen LogP contribution in [0, 0.1) is 12.3 Å². The van der Waals surface area contributed by atoms with Crippen molar-refractivity contribution in [2.45, 2.75) is 33.9 Å². The lowest BCUT2D eigenvalue weighted by Crippen LogP contribution is -2.33. The monoisotopic (exact) mass is 271 g/mol. The van der Waals surface area contributed by atoms with Crippen LogP contribution in [-0.4, -0.2) is 11.3 Å². The summed E-state index contributed by atoms with van der Waals surface area (Å²) in [7, 11) is 0. The van der Waals surface area contributed by atoms with Crippen molar-refractivity contribution in [3.8, 4) is 0 Å². The number of anilines is 1. The van der Waals surface area contributed by atoms with Gasteiger partial charge in [0.15, 0.2) is 0 Å². The van der Waals surface area contributed by atoms with Crippen molar-refractivity contribution in [3.05, 3.63) is 28.2 Å². The molecule has 0 aliphatic carbocycles. The highest BCUT2D eigenvalue weighted by Crippen LogP contribution is 2.27. The summed E-state index contributed by atoms with van der Waals surface area (Å²) in [5.41, 5.74) is 1.94. The fraction of sp³-hybridized carbons (Fsp3) is 0.500. The Morgan fingerprint density at radius 3 is 2.40 bits per heavy atom. The maximum Gasteiger partial charge on any atom is 0.129 e. The number of halogens is 1. The summed E-state index contributed by atoms with van der Waals surface area (Å²) in [6.45, 7) is 8.01. The highest BCUT2D eigenvalue weighted by Gasteiger charge is 2.22. The van der Waals surface area contributed by atoms with E-state index < -0.39 is 6.23 Å². The summed E-state index contributed by atoms with van der Waals surface area (Å²) in [6, 6.07) is 6.01. The van der Waals surface area contributed by atoms with Gasteiger partial charge in [0.05, 0.1) is 5.69 Å². The average molecular weight is 272 g/mol. The van der Waals surface area contributed by atoms with E-state index in [1.54, 1.807) is 0 Å². The van der Waals surface area contributed by atoms with Gasteiger partial charge in [-0.25, -0.2) is 0 Å². The van der Waals surface area contributed by atoms with Gasteiger partial charge in [0.1, 0.15) is 6.23 Å². The van der Waals surface area contributed by atoms with Crippen LogP contribution in [0.15, 0.2) is 22.7 Å². The fourth-order valence-corrected chi connectivity index (χ4v) is 1.71. The van der Waals surface area contributed by atoms with E-state index >= 15 is 0 Å². The molecule has 84 valence electrons. The van der Waals surface area contributed by atoms with Gasteiger partial charge < -0.3 is 10.4 Å². The Hall–Kier alpha value is -0.540. The third-order valence-corrected chi connectivity index (χ3v) is 2.89. The molecule has 0 radical (unpaired) electrons. The van der Waals surface area contributed by atoms with E-state index in [1.807, 2.05) is 45.9 Å². The lowest BCUT2D eigenvalue weighted by atomic mass is 9.94. The van der Waals surface area contributed by atoms with Crippen molar-refractivity contribution in [1.82, 2.24) is 0 Å². The molecule has 0 fully saturated rings. The van der Waals surface area contributed by atoms with Gasteiger partial charge in [-0.15, -0.1) is 0 Å². The minimum atomic E-state index is -0.559. The van der Waals surface area contributed by atoms with E-state index in [0.29, 0.717) is 0 Å². The fourth-order valence-electron chi connectivity index (χ4n) is 1.10. The number of hydrogen-bond acceptors (Lipinski definition) is 2. The molecule has 2 nitrogen and oxygen atoms in total. The predicted molar refractivity (Wildman–Crippen MR) is 68.0 cm³/mol. The molecule has 0 heterocycles. The molecule has 0 saturated carbocycles. The summed E-state index contributed by atoms with van der Waals surface area (Å²) in [6.07, 6.45) is -0.559. The van der Waals surface area contributed by atoms with E-state index in [1.165, 1.54) is 5.56 Å².